The maximum absolute atomic E-state index is 13.6. The summed E-state index contributed by atoms with van der Waals surface area (Å²) in [6.07, 6.45) is 8.30. The summed E-state index contributed by atoms with van der Waals surface area (Å²) in [6.45, 7) is 4.79. The topological polar surface area (TPSA) is 127 Å². The number of sulfone groups is 1. The number of ether oxygens (including phenoxy) is 1. The Labute approximate surface area is 216 Å². The molecule has 2 aliphatic rings. The first-order chi connectivity index (χ1) is 17.6. The third-order valence-electron chi connectivity index (χ3n) is 7.34. The van der Waals surface area contributed by atoms with Crippen molar-refractivity contribution in [1.82, 2.24) is 24.8 Å². The molecule has 1 amide bonds. The second-order valence-corrected chi connectivity index (χ2v) is 11.9. The average molecular weight is 523 g/mol. The smallest absolute Gasteiger partial charge is 0.229 e. The number of fused-ring (bicyclic) bond motifs is 1. The third kappa shape index (κ3) is 4.75. The molecule has 2 atom stereocenters. The standard InChI is InChI=1S/C26H30N6O4S/c1-16(19-13-22(36-3)29-14-21(19)37(4,34)35)25(33)32-11-8-26(15-32)7-6-18-12-20(17(2)30-23(18)31-26)24-27-9-5-10-28-24/h5,9-10,12-14,16H,6-8,11,15H2,1-4H3,(H,30,31)/t16?,26-/m0/s1. The van der Waals surface area contributed by atoms with Crippen molar-refractivity contribution in [3.63, 3.8) is 0 Å². The van der Waals surface area contributed by atoms with Crippen LogP contribution in [-0.2, 0) is 21.1 Å². The van der Waals surface area contributed by atoms with Crippen molar-refractivity contribution < 1.29 is 17.9 Å². The summed E-state index contributed by atoms with van der Waals surface area (Å²) >= 11 is 0. The number of pyridine rings is 2. The molecule has 0 bridgehead atoms. The van der Waals surface area contributed by atoms with Gasteiger partial charge in [-0.3, -0.25) is 4.79 Å². The van der Waals surface area contributed by atoms with Gasteiger partial charge in [0.1, 0.15) is 5.82 Å². The van der Waals surface area contributed by atoms with Gasteiger partial charge in [-0.15, -0.1) is 0 Å². The number of hydrogen-bond acceptors (Lipinski definition) is 9. The minimum absolute atomic E-state index is 0.0469. The van der Waals surface area contributed by atoms with Gasteiger partial charge in [0.05, 0.1) is 29.2 Å². The van der Waals surface area contributed by atoms with Gasteiger partial charge in [-0.1, -0.05) is 0 Å². The van der Waals surface area contributed by atoms with Gasteiger partial charge < -0.3 is 15.0 Å². The van der Waals surface area contributed by atoms with E-state index in [0.717, 1.165) is 48.2 Å². The number of aromatic nitrogens is 4. The van der Waals surface area contributed by atoms with E-state index >= 15 is 0 Å². The molecule has 37 heavy (non-hydrogen) atoms. The Hall–Kier alpha value is -3.60. The summed E-state index contributed by atoms with van der Waals surface area (Å²) in [4.78, 5) is 33.0. The second kappa shape index (κ2) is 9.37. The maximum atomic E-state index is 13.6. The van der Waals surface area contributed by atoms with Crippen molar-refractivity contribution in [2.75, 3.05) is 31.8 Å². The molecule has 2 aliphatic heterocycles. The van der Waals surface area contributed by atoms with Crippen LogP contribution in [0.1, 0.15) is 42.5 Å². The Balaban J connectivity index is 1.36. The van der Waals surface area contributed by atoms with Gasteiger partial charge in [0.25, 0.3) is 0 Å². The van der Waals surface area contributed by atoms with Crippen LogP contribution in [0.5, 0.6) is 5.88 Å². The van der Waals surface area contributed by atoms with E-state index in [0.29, 0.717) is 24.5 Å². The fourth-order valence-corrected chi connectivity index (χ4v) is 6.18. The zero-order valence-corrected chi connectivity index (χ0v) is 22.2. The van der Waals surface area contributed by atoms with Gasteiger partial charge >= 0.3 is 0 Å². The first-order valence-electron chi connectivity index (χ1n) is 12.2. The Kier molecular flexibility index (Phi) is 6.35. The number of carbonyl (C=O) groups excluding carboxylic acids is 1. The molecule has 0 saturated carbocycles. The van der Waals surface area contributed by atoms with E-state index in [4.69, 9.17) is 9.72 Å². The van der Waals surface area contributed by atoms with Gasteiger partial charge in [0.15, 0.2) is 15.7 Å². The zero-order valence-electron chi connectivity index (χ0n) is 21.4. The molecule has 1 fully saturated rings. The quantitative estimate of drug-likeness (QED) is 0.538. The molecule has 0 radical (unpaired) electrons. The fourth-order valence-electron chi connectivity index (χ4n) is 5.27. The SMILES string of the molecule is COc1cc(C(C)C(=O)N2CC[C@@]3(CCc4cc(-c5ncccn5)c(C)nc4N3)C2)c(S(C)(=O)=O)cn1. The molecular formula is C26H30N6O4S. The number of aryl methyl sites for hydroxylation is 2. The minimum atomic E-state index is -3.57. The van der Waals surface area contributed by atoms with Crippen molar-refractivity contribution >= 4 is 21.6 Å². The number of anilines is 1. The van der Waals surface area contributed by atoms with Crippen molar-refractivity contribution in [2.24, 2.45) is 0 Å². The molecule has 0 aromatic carbocycles. The molecule has 10 nitrogen and oxygen atoms in total. The van der Waals surface area contributed by atoms with Crippen molar-refractivity contribution in [3.8, 4) is 17.3 Å². The van der Waals surface area contributed by atoms with Crippen molar-refractivity contribution in [1.29, 1.82) is 0 Å². The van der Waals surface area contributed by atoms with Crippen LogP contribution in [0.15, 0.2) is 41.7 Å². The molecule has 11 heteroatoms. The van der Waals surface area contributed by atoms with Crippen LogP contribution in [0.2, 0.25) is 0 Å². The van der Waals surface area contributed by atoms with Crippen molar-refractivity contribution in [3.05, 3.63) is 53.6 Å². The Morgan fingerprint density at radius 1 is 1.19 bits per heavy atom. The number of likely N-dealkylation sites (tertiary alicyclic amines) is 1. The van der Waals surface area contributed by atoms with Gasteiger partial charge in [0.2, 0.25) is 11.8 Å². The maximum Gasteiger partial charge on any atom is 0.229 e. The number of carbonyl (C=O) groups is 1. The van der Waals surface area contributed by atoms with E-state index in [-0.39, 0.29) is 22.2 Å². The summed E-state index contributed by atoms with van der Waals surface area (Å²) < 4.78 is 29.9. The van der Waals surface area contributed by atoms with Crippen LogP contribution in [0.3, 0.4) is 0 Å². The van der Waals surface area contributed by atoms with E-state index in [1.165, 1.54) is 13.3 Å². The number of rotatable bonds is 5. The molecule has 5 rings (SSSR count). The molecule has 1 saturated heterocycles. The molecule has 3 aromatic rings. The fraction of sp³-hybridized carbons (Fsp3) is 0.423. The summed E-state index contributed by atoms with van der Waals surface area (Å²) in [5.41, 5.74) is 2.99. The molecule has 194 valence electrons. The summed E-state index contributed by atoms with van der Waals surface area (Å²) in [6, 6.07) is 5.44. The highest BCUT2D eigenvalue weighted by molar-refractivity contribution is 7.90. The van der Waals surface area contributed by atoms with Gasteiger partial charge in [-0.05, 0) is 56.4 Å². The lowest BCUT2D eigenvalue weighted by Gasteiger charge is -2.36. The van der Waals surface area contributed by atoms with Gasteiger partial charge in [0, 0.05) is 49.6 Å². The lowest BCUT2D eigenvalue weighted by molar-refractivity contribution is -0.131. The van der Waals surface area contributed by atoms with Crippen LogP contribution in [0, 0.1) is 6.92 Å². The molecule has 3 aromatic heterocycles. The summed E-state index contributed by atoms with van der Waals surface area (Å²) in [5.74, 6) is 0.976. The lowest BCUT2D eigenvalue weighted by Crippen LogP contribution is -2.46. The molecule has 1 unspecified atom stereocenters. The largest absolute Gasteiger partial charge is 0.481 e. The first-order valence-corrected chi connectivity index (χ1v) is 14.1. The molecular weight excluding hydrogens is 492 g/mol. The zero-order chi connectivity index (χ0) is 26.4. The number of hydrogen-bond donors (Lipinski definition) is 1. The first kappa shape index (κ1) is 25.1. The highest BCUT2D eigenvalue weighted by Crippen LogP contribution is 2.39. The Morgan fingerprint density at radius 3 is 2.65 bits per heavy atom. The van der Waals surface area contributed by atoms with Crippen LogP contribution in [0.25, 0.3) is 11.4 Å². The molecule has 5 heterocycles. The highest BCUT2D eigenvalue weighted by atomic mass is 32.2. The second-order valence-electron chi connectivity index (χ2n) is 9.87. The van der Waals surface area contributed by atoms with Crippen molar-refractivity contribution in [2.45, 2.75) is 49.5 Å². The normalized spacial score (nSPS) is 19.8. The molecule has 0 aliphatic carbocycles. The van der Waals surface area contributed by atoms with Crippen LogP contribution >= 0.6 is 0 Å². The summed E-state index contributed by atoms with van der Waals surface area (Å²) in [7, 11) is -2.11. The van der Waals surface area contributed by atoms with Crippen LogP contribution in [0.4, 0.5) is 5.82 Å². The van der Waals surface area contributed by atoms with E-state index in [1.807, 2.05) is 11.8 Å². The number of nitrogens with one attached hydrogen (secondary N) is 1. The van der Waals surface area contributed by atoms with E-state index in [2.05, 4.69) is 26.3 Å². The van der Waals surface area contributed by atoms with Crippen LogP contribution < -0.4 is 10.1 Å². The van der Waals surface area contributed by atoms with Crippen LogP contribution in [-0.4, -0.2) is 71.2 Å². The molecule has 1 N–H and O–H groups in total. The number of nitrogens with zero attached hydrogens (tertiary/aromatic N) is 5. The predicted octanol–water partition coefficient (Wildman–Crippen LogP) is 2.79. The summed E-state index contributed by atoms with van der Waals surface area (Å²) in [5, 5.41) is 3.64. The lowest BCUT2D eigenvalue weighted by atomic mass is 9.86. The average Bonchev–Trinajstić information content (AvgIpc) is 3.30. The minimum Gasteiger partial charge on any atom is -0.481 e. The highest BCUT2D eigenvalue weighted by Gasteiger charge is 2.43. The number of methoxy groups -OCH3 is 1. The van der Waals surface area contributed by atoms with E-state index in [1.54, 1.807) is 31.5 Å². The van der Waals surface area contributed by atoms with Gasteiger partial charge in [-0.25, -0.2) is 28.4 Å². The van der Waals surface area contributed by atoms with E-state index < -0.39 is 15.8 Å². The molecule has 1 spiro atoms. The third-order valence-corrected chi connectivity index (χ3v) is 8.48. The Bertz CT molecular complexity index is 1460. The predicted molar refractivity (Wildman–Crippen MR) is 138 cm³/mol. The number of amides is 1. The van der Waals surface area contributed by atoms with E-state index in [9.17, 15) is 13.2 Å². The Morgan fingerprint density at radius 2 is 1.95 bits per heavy atom. The monoisotopic (exact) mass is 522 g/mol. The van der Waals surface area contributed by atoms with Gasteiger partial charge in [-0.2, -0.15) is 0 Å².